The molecule has 1 aliphatic rings. The molecule has 2 heterocycles. The van der Waals surface area contributed by atoms with Gasteiger partial charge in [0.05, 0.1) is 18.6 Å². The highest BCUT2D eigenvalue weighted by atomic mass is 32.1. The Bertz CT molecular complexity index is 1250. The fourth-order valence-electron chi connectivity index (χ4n) is 4.00. The van der Waals surface area contributed by atoms with E-state index in [0.29, 0.717) is 45.6 Å². The number of thiophene rings is 1. The standard InChI is InChI=1S/C25H23F2N3O2S/c1-28-21-7-5-15(11-19(21)26)18-13-23(25(31)30-10-9-17(14-30)29(2)3)33-24(18)16-6-8-22(32-4)20(27)12-16/h5-8,11-13,17H,9-10,14H2,2-4H3/t17-/m1/s1. The van der Waals surface area contributed by atoms with Crippen LogP contribution in [-0.4, -0.2) is 56.0 Å². The number of hydrogen-bond acceptors (Lipinski definition) is 4. The number of carbonyl (C=O) groups is 1. The van der Waals surface area contributed by atoms with E-state index in [1.807, 2.05) is 19.0 Å². The number of likely N-dealkylation sites (N-methyl/N-ethyl adjacent to an activating group) is 1. The number of amides is 1. The van der Waals surface area contributed by atoms with E-state index in [9.17, 15) is 13.6 Å². The van der Waals surface area contributed by atoms with Gasteiger partial charge in [-0.2, -0.15) is 0 Å². The number of ether oxygens (including phenoxy) is 1. The van der Waals surface area contributed by atoms with Crippen molar-refractivity contribution in [2.75, 3.05) is 34.3 Å². The van der Waals surface area contributed by atoms with Crippen LogP contribution in [0, 0.1) is 18.2 Å². The first-order valence-electron chi connectivity index (χ1n) is 10.4. The highest BCUT2D eigenvalue weighted by Gasteiger charge is 2.30. The van der Waals surface area contributed by atoms with Gasteiger partial charge in [-0.05, 0) is 62.0 Å². The minimum absolute atomic E-state index is 0.0749. The molecule has 33 heavy (non-hydrogen) atoms. The maximum Gasteiger partial charge on any atom is 0.264 e. The molecule has 0 N–H and O–H groups in total. The van der Waals surface area contributed by atoms with Crippen molar-refractivity contribution < 1.29 is 18.3 Å². The maximum atomic E-state index is 14.5. The molecular weight excluding hydrogens is 444 g/mol. The second-order valence-corrected chi connectivity index (χ2v) is 9.19. The Morgan fingerprint density at radius 1 is 1.15 bits per heavy atom. The first-order chi connectivity index (χ1) is 15.8. The normalized spacial score (nSPS) is 15.7. The zero-order valence-corrected chi connectivity index (χ0v) is 19.4. The molecule has 4 rings (SSSR count). The Morgan fingerprint density at radius 2 is 1.88 bits per heavy atom. The number of nitrogens with zero attached hydrogens (tertiary/aromatic N) is 3. The van der Waals surface area contributed by atoms with Gasteiger partial charge < -0.3 is 14.5 Å². The number of benzene rings is 2. The summed E-state index contributed by atoms with van der Waals surface area (Å²) in [5.41, 5.74) is 1.63. The van der Waals surface area contributed by atoms with Gasteiger partial charge >= 0.3 is 0 Å². The highest BCUT2D eigenvalue weighted by Crippen LogP contribution is 2.42. The monoisotopic (exact) mass is 467 g/mol. The molecule has 170 valence electrons. The average molecular weight is 468 g/mol. The zero-order valence-electron chi connectivity index (χ0n) is 18.6. The summed E-state index contributed by atoms with van der Waals surface area (Å²) < 4.78 is 33.9. The van der Waals surface area contributed by atoms with Crippen molar-refractivity contribution in [2.24, 2.45) is 0 Å². The summed E-state index contributed by atoms with van der Waals surface area (Å²) in [6.07, 6.45) is 0.900. The molecule has 1 aromatic heterocycles. The van der Waals surface area contributed by atoms with Gasteiger partial charge in [0.25, 0.3) is 5.91 Å². The van der Waals surface area contributed by atoms with Crippen molar-refractivity contribution in [2.45, 2.75) is 12.5 Å². The Kier molecular flexibility index (Phi) is 6.45. The van der Waals surface area contributed by atoms with Crippen LogP contribution >= 0.6 is 11.3 Å². The van der Waals surface area contributed by atoms with Crippen LogP contribution in [0.3, 0.4) is 0 Å². The van der Waals surface area contributed by atoms with Crippen molar-refractivity contribution in [1.82, 2.24) is 9.80 Å². The molecule has 0 aliphatic carbocycles. The Hall–Kier alpha value is -3.28. The van der Waals surface area contributed by atoms with Crippen molar-refractivity contribution in [1.29, 1.82) is 0 Å². The minimum atomic E-state index is -0.637. The van der Waals surface area contributed by atoms with Crippen molar-refractivity contribution in [3.05, 3.63) is 70.4 Å². The summed E-state index contributed by atoms with van der Waals surface area (Å²) in [6.45, 7) is 8.38. The highest BCUT2D eigenvalue weighted by molar-refractivity contribution is 7.18. The van der Waals surface area contributed by atoms with Crippen molar-refractivity contribution >= 4 is 22.9 Å². The number of carbonyl (C=O) groups excluding carboxylic acids is 1. The van der Waals surface area contributed by atoms with E-state index in [4.69, 9.17) is 11.3 Å². The molecule has 0 spiro atoms. The quantitative estimate of drug-likeness (QED) is 0.452. The fraction of sp³-hybridized carbons (Fsp3) is 0.280. The van der Waals surface area contributed by atoms with Gasteiger partial charge in [0, 0.05) is 29.6 Å². The lowest BCUT2D eigenvalue weighted by atomic mass is 10.0. The lowest BCUT2D eigenvalue weighted by Crippen LogP contribution is -2.34. The van der Waals surface area contributed by atoms with E-state index in [-0.39, 0.29) is 17.3 Å². The molecule has 1 amide bonds. The van der Waals surface area contributed by atoms with E-state index >= 15 is 0 Å². The predicted octanol–water partition coefficient (Wildman–Crippen LogP) is 5.70. The third-order valence-electron chi connectivity index (χ3n) is 5.92. The van der Waals surface area contributed by atoms with Crippen LogP contribution in [0.1, 0.15) is 16.1 Å². The van der Waals surface area contributed by atoms with Gasteiger partial charge in [0.1, 0.15) is 5.82 Å². The van der Waals surface area contributed by atoms with Gasteiger partial charge in [-0.1, -0.05) is 12.1 Å². The molecule has 1 saturated heterocycles. The molecular formula is C25H23F2N3O2S. The summed E-state index contributed by atoms with van der Waals surface area (Å²) in [5, 5.41) is 0. The van der Waals surface area contributed by atoms with Crippen molar-refractivity contribution in [3.63, 3.8) is 0 Å². The first-order valence-corrected chi connectivity index (χ1v) is 11.2. The van der Waals surface area contributed by atoms with Crippen LogP contribution in [0.15, 0.2) is 42.5 Å². The van der Waals surface area contributed by atoms with Crippen LogP contribution in [0.25, 0.3) is 26.4 Å². The van der Waals surface area contributed by atoms with E-state index in [0.717, 1.165) is 6.42 Å². The lowest BCUT2D eigenvalue weighted by Gasteiger charge is -2.20. The topological polar surface area (TPSA) is 37.1 Å². The summed E-state index contributed by atoms with van der Waals surface area (Å²) >= 11 is 1.25. The number of rotatable bonds is 5. The Balaban J connectivity index is 1.78. The molecule has 0 bridgehead atoms. The lowest BCUT2D eigenvalue weighted by molar-refractivity contribution is 0.0788. The van der Waals surface area contributed by atoms with Crippen LogP contribution in [0.4, 0.5) is 14.5 Å². The van der Waals surface area contributed by atoms with Crippen molar-refractivity contribution in [3.8, 4) is 27.3 Å². The maximum absolute atomic E-state index is 14.5. The number of methoxy groups -OCH3 is 1. The summed E-state index contributed by atoms with van der Waals surface area (Å²) in [5.74, 6) is -1.14. The largest absolute Gasteiger partial charge is 0.494 e. The SMILES string of the molecule is [C-]#[N+]c1ccc(-c2cc(C(=O)N3CC[C@@H](N(C)C)C3)sc2-c2ccc(OC)c(F)c2)cc1F. The van der Waals surface area contributed by atoms with E-state index in [1.54, 1.807) is 18.2 Å². The second kappa shape index (κ2) is 9.30. The average Bonchev–Trinajstić information content (AvgIpc) is 3.47. The van der Waals surface area contributed by atoms with Crippen LogP contribution in [0.2, 0.25) is 0 Å². The Labute approximate surface area is 195 Å². The van der Waals surface area contributed by atoms with Gasteiger partial charge in [-0.25, -0.2) is 13.6 Å². The predicted molar refractivity (Wildman–Crippen MR) is 126 cm³/mol. The minimum Gasteiger partial charge on any atom is -0.494 e. The first kappa shape index (κ1) is 22.9. The molecule has 0 saturated carbocycles. The van der Waals surface area contributed by atoms with E-state index in [2.05, 4.69) is 9.74 Å². The summed E-state index contributed by atoms with van der Waals surface area (Å²) in [4.78, 5) is 21.5. The smallest absolute Gasteiger partial charge is 0.264 e. The van der Waals surface area contributed by atoms with E-state index < -0.39 is 11.6 Å². The third kappa shape index (κ3) is 4.47. The molecule has 5 nitrogen and oxygen atoms in total. The van der Waals surface area contributed by atoms with Gasteiger partial charge in [-0.3, -0.25) is 4.79 Å². The number of halogens is 2. The van der Waals surface area contributed by atoms with Gasteiger partial charge in [0.2, 0.25) is 5.69 Å². The molecule has 1 atom stereocenters. The molecule has 2 aromatic carbocycles. The van der Waals surface area contributed by atoms with E-state index in [1.165, 1.54) is 42.7 Å². The number of hydrogen-bond donors (Lipinski definition) is 0. The van der Waals surface area contributed by atoms with Crippen LogP contribution in [-0.2, 0) is 0 Å². The molecule has 1 aliphatic heterocycles. The van der Waals surface area contributed by atoms with Gasteiger partial charge in [-0.15, -0.1) is 11.3 Å². The fourth-order valence-corrected chi connectivity index (χ4v) is 5.15. The number of likely N-dealkylation sites (tertiary alicyclic amines) is 1. The van der Waals surface area contributed by atoms with Crippen LogP contribution in [0.5, 0.6) is 5.75 Å². The Morgan fingerprint density at radius 3 is 2.48 bits per heavy atom. The summed E-state index contributed by atoms with van der Waals surface area (Å²) in [6, 6.07) is 11.0. The second-order valence-electron chi connectivity index (χ2n) is 8.14. The zero-order chi connectivity index (χ0) is 23.7. The molecule has 8 heteroatoms. The molecule has 0 radical (unpaired) electrons. The van der Waals surface area contributed by atoms with Crippen LogP contribution < -0.4 is 4.74 Å². The molecule has 1 fully saturated rings. The third-order valence-corrected chi connectivity index (χ3v) is 7.09. The molecule has 3 aromatic rings. The summed E-state index contributed by atoms with van der Waals surface area (Å²) in [7, 11) is 5.39. The van der Waals surface area contributed by atoms with Gasteiger partial charge in [0.15, 0.2) is 11.6 Å². The molecule has 0 unspecified atom stereocenters.